The first-order valence-electron chi connectivity index (χ1n) is 11.1. The van der Waals surface area contributed by atoms with Gasteiger partial charge in [-0.3, -0.25) is 9.59 Å². The third-order valence-corrected chi connectivity index (χ3v) is 6.99. The summed E-state index contributed by atoms with van der Waals surface area (Å²) in [5.74, 6) is -0.268. The van der Waals surface area contributed by atoms with Crippen LogP contribution in [0.25, 0.3) is 11.8 Å². The summed E-state index contributed by atoms with van der Waals surface area (Å²) < 4.78 is 1.76. The van der Waals surface area contributed by atoms with Crippen LogP contribution < -0.4 is 5.32 Å². The van der Waals surface area contributed by atoms with Gasteiger partial charge in [0.25, 0.3) is 5.91 Å². The molecule has 0 unspecified atom stereocenters. The van der Waals surface area contributed by atoms with Gasteiger partial charge in [0.1, 0.15) is 0 Å². The van der Waals surface area contributed by atoms with Crippen molar-refractivity contribution in [3.8, 4) is 5.69 Å². The molecule has 1 N–H and O–H groups in total. The molecule has 5 rings (SSSR count). The first kappa shape index (κ1) is 21.9. The van der Waals surface area contributed by atoms with E-state index in [0.717, 1.165) is 23.2 Å². The second-order valence-electron chi connectivity index (χ2n) is 8.20. The zero-order valence-corrected chi connectivity index (χ0v) is 19.6. The predicted molar refractivity (Wildman–Crippen MR) is 135 cm³/mol. The van der Waals surface area contributed by atoms with Gasteiger partial charge in [-0.25, -0.2) is 4.68 Å². The molecule has 1 aliphatic heterocycles. The average Bonchev–Trinajstić information content (AvgIpc) is 3.53. The molecule has 0 bridgehead atoms. The Kier molecular flexibility index (Phi) is 6.10. The molecule has 0 aliphatic carbocycles. The third kappa shape index (κ3) is 4.56. The molecule has 0 atom stereocenters. The van der Waals surface area contributed by atoms with Crippen LogP contribution in [0.5, 0.6) is 0 Å². The van der Waals surface area contributed by atoms with Crippen LogP contribution in [-0.4, -0.2) is 33.0 Å². The maximum absolute atomic E-state index is 13.2. The van der Waals surface area contributed by atoms with E-state index < -0.39 is 0 Å². The number of thiophene rings is 1. The molecular weight excluding hydrogens is 444 g/mol. The monoisotopic (exact) mass is 468 g/mol. The number of carbonyl (C=O) groups is 2. The van der Waals surface area contributed by atoms with Crippen LogP contribution in [0.15, 0.2) is 78.4 Å². The van der Waals surface area contributed by atoms with E-state index in [1.807, 2.05) is 66.6 Å². The van der Waals surface area contributed by atoms with E-state index in [1.54, 1.807) is 28.3 Å². The maximum Gasteiger partial charge on any atom is 0.254 e. The van der Waals surface area contributed by atoms with Crippen LogP contribution in [0.4, 0.5) is 5.69 Å². The molecule has 34 heavy (non-hydrogen) atoms. The normalized spacial score (nSPS) is 13.1. The number of hydrogen-bond donors (Lipinski definition) is 1. The summed E-state index contributed by atoms with van der Waals surface area (Å²) in [6.45, 7) is 3.21. The molecule has 6 nitrogen and oxygen atoms in total. The van der Waals surface area contributed by atoms with Crippen molar-refractivity contribution < 1.29 is 9.59 Å². The lowest BCUT2D eigenvalue weighted by molar-refractivity contribution is -0.111. The second kappa shape index (κ2) is 9.49. The smallest absolute Gasteiger partial charge is 0.254 e. The molecular formula is C27H24N4O2S. The molecule has 2 amide bonds. The van der Waals surface area contributed by atoms with Gasteiger partial charge >= 0.3 is 0 Å². The minimum Gasteiger partial charge on any atom is -0.334 e. The Morgan fingerprint density at radius 2 is 1.94 bits per heavy atom. The fourth-order valence-corrected chi connectivity index (χ4v) is 4.98. The molecule has 0 saturated heterocycles. The van der Waals surface area contributed by atoms with E-state index in [9.17, 15) is 9.59 Å². The number of hydrogen-bond acceptors (Lipinski definition) is 4. The Morgan fingerprint density at radius 1 is 1.09 bits per heavy atom. The average molecular weight is 469 g/mol. The standard InChI is InChI=1S/C27H24N4O2S/c1-19-23(27(33)30-14-12-25-21(18-30)13-15-34-25)8-5-9-24(19)29-26(32)11-10-20-16-28-31(17-20)22-6-3-2-4-7-22/h2-11,13,15-17H,12,14,18H2,1H3,(H,29,32)/b11-10+. The van der Waals surface area contributed by atoms with Crippen LogP contribution in [0.1, 0.15) is 31.9 Å². The van der Waals surface area contributed by atoms with Gasteiger partial charge in [-0.15, -0.1) is 11.3 Å². The molecule has 0 radical (unpaired) electrons. The van der Waals surface area contributed by atoms with Crippen LogP contribution >= 0.6 is 11.3 Å². The summed E-state index contributed by atoms with van der Waals surface area (Å²) in [4.78, 5) is 29.0. The van der Waals surface area contributed by atoms with Gasteiger partial charge < -0.3 is 10.2 Å². The lowest BCUT2D eigenvalue weighted by atomic mass is 10.0. The zero-order valence-electron chi connectivity index (χ0n) is 18.8. The number of benzene rings is 2. The first-order chi connectivity index (χ1) is 16.6. The van der Waals surface area contributed by atoms with Gasteiger partial charge in [0.05, 0.1) is 11.9 Å². The highest BCUT2D eigenvalue weighted by Crippen LogP contribution is 2.27. The molecule has 170 valence electrons. The number of para-hydroxylation sites is 1. The topological polar surface area (TPSA) is 67.2 Å². The summed E-state index contributed by atoms with van der Waals surface area (Å²) in [5, 5.41) is 9.33. The molecule has 2 aromatic heterocycles. The minimum absolute atomic E-state index is 0.00526. The molecule has 0 saturated carbocycles. The Morgan fingerprint density at radius 3 is 2.79 bits per heavy atom. The fourth-order valence-electron chi connectivity index (χ4n) is 4.09. The molecule has 7 heteroatoms. The predicted octanol–water partition coefficient (Wildman–Crippen LogP) is 5.09. The van der Waals surface area contributed by atoms with Gasteiger partial charge in [0.15, 0.2) is 0 Å². The molecule has 0 fully saturated rings. The van der Waals surface area contributed by atoms with Gasteiger partial charge in [0, 0.05) is 47.1 Å². The second-order valence-corrected chi connectivity index (χ2v) is 9.20. The van der Waals surface area contributed by atoms with Gasteiger partial charge in [0.2, 0.25) is 5.91 Å². The van der Waals surface area contributed by atoms with Crippen molar-refractivity contribution in [2.75, 3.05) is 11.9 Å². The molecule has 3 heterocycles. The van der Waals surface area contributed by atoms with Crippen LogP contribution in [0, 0.1) is 6.92 Å². The summed E-state index contributed by atoms with van der Waals surface area (Å²) in [7, 11) is 0. The van der Waals surface area contributed by atoms with Crippen molar-refractivity contribution in [2.45, 2.75) is 19.9 Å². The van der Waals surface area contributed by atoms with E-state index in [1.165, 1.54) is 16.5 Å². The number of nitrogens with zero attached hydrogens (tertiary/aromatic N) is 3. The van der Waals surface area contributed by atoms with Crippen molar-refractivity contribution in [1.82, 2.24) is 14.7 Å². The van der Waals surface area contributed by atoms with Crippen molar-refractivity contribution in [3.05, 3.63) is 106 Å². The van der Waals surface area contributed by atoms with E-state index in [-0.39, 0.29) is 11.8 Å². The molecule has 2 aromatic carbocycles. The quantitative estimate of drug-likeness (QED) is 0.415. The summed E-state index contributed by atoms with van der Waals surface area (Å²) in [6.07, 6.45) is 7.65. The Bertz CT molecular complexity index is 1370. The Labute approximate surface area is 202 Å². The fraction of sp³-hybridized carbons (Fsp3) is 0.148. The summed E-state index contributed by atoms with van der Waals surface area (Å²) in [5.41, 5.74) is 5.01. The van der Waals surface area contributed by atoms with Crippen LogP contribution in [0.2, 0.25) is 0 Å². The third-order valence-electron chi connectivity index (χ3n) is 5.97. The highest BCUT2D eigenvalue weighted by molar-refractivity contribution is 7.10. The number of fused-ring (bicyclic) bond motifs is 1. The summed E-state index contributed by atoms with van der Waals surface area (Å²) >= 11 is 1.75. The maximum atomic E-state index is 13.2. The van der Waals surface area contributed by atoms with E-state index in [2.05, 4.69) is 21.9 Å². The number of amides is 2. The van der Waals surface area contributed by atoms with E-state index >= 15 is 0 Å². The lowest BCUT2D eigenvalue weighted by Gasteiger charge is -2.28. The molecule has 1 aliphatic rings. The Hall–Kier alpha value is -3.97. The number of aromatic nitrogens is 2. The Balaban J connectivity index is 1.26. The van der Waals surface area contributed by atoms with Gasteiger partial charge in [-0.1, -0.05) is 24.3 Å². The van der Waals surface area contributed by atoms with Gasteiger partial charge in [-0.2, -0.15) is 5.10 Å². The zero-order chi connectivity index (χ0) is 23.5. The highest BCUT2D eigenvalue weighted by Gasteiger charge is 2.24. The lowest BCUT2D eigenvalue weighted by Crippen LogP contribution is -2.35. The minimum atomic E-state index is -0.263. The number of anilines is 1. The summed E-state index contributed by atoms with van der Waals surface area (Å²) in [6, 6.07) is 17.3. The van der Waals surface area contributed by atoms with E-state index in [4.69, 9.17) is 0 Å². The molecule has 0 spiro atoms. The number of rotatable bonds is 5. The number of carbonyl (C=O) groups excluding carboxylic acids is 2. The molecule has 4 aromatic rings. The SMILES string of the molecule is Cc1c(NC(=O)/C=C/c2cnn(-c3ccccc3)c2)cccc1C(=O)N1CCc2sccc2C1. The van der Waals surface area contributed by atoms with Crippen molar-refractivity contribution >= 4 is 34.9 Å². The van der Waals surface area contributed by atoms with Gasteiger partial charge in [-0.05, 0) is 66.3 Å². The van der Waals surface area contributed by atoms with Crippen LogP contribution in [-0.2, 0) is 17.8 Å². The van der Waals surface area contributed by atoms with Crippen LogP contribution in [0.3, 0.4) is 0 Å². The van der Waals surface area contributed by atoms with Crippen molar-refractivity contribution in [1.29, 1.82) is 0 Å². The number of nitrogens with one attached hydrogen (secondary N) is 1. The largest absolute Gasteiger partial charge is 0.334 e. The van der Waals surface area contributed by atoms with Crippen molar-refractivity contribution in [2.24, 2.45) is 0 Å². The van der Waals surface area contributed by atoms with E-state index in [0.29, 0.717) is 24.3 Å². The highest BCUT2D eigenvalue weighted by atomic mass is 32.1. The van der Waals surface area contributed by atoms with Crippen molar-refractivity contribution in [3.63, 3.8) is 0 Å². The first-order valence-corrected chi connectivity index (χ1v) is 12.0.